The smallest absolute Gasteiger partial charge is 0.319 e. The molecule has 0 aromatic heterocycles. The van der Waals surface area contributed by atoms with Crippen LogP contribution in [-0.2, 0) is 0 Å². The fourth-order valence-corrected chi connectivity index (χ4v) is 2.10. The van der Waals surface area contributed by atoms with Crippen LogP contribution in [0.25, 0.3) is 0 Å². The van der Waals surface area contributed by atoms with Crippen LogP contribution in [0.4, 0.5) is 10.5 Å². The van der Waals surface area contributed by atoms with Crippen molar-refractivity contribution in [3.63, 3.8) is 0 Å². The first-order valence-electron chi connectivity index (χ1n) is 6.64. The van der Waals surface area contributed by atoms with Crippen LogP contribution in [0.2, 0.25) is 0 Å². The molecule has 21 heavy (non-hydrogen) atoms. The molecule has 0 aliphatic rings. The Bertz CT molecular complexity index is 599. The second-order valence-electron chi connectivity index (χ2n) is 4.53. The molecule has 2 N–H and O–H groups in total. The summed E-state index contributed by atoms with van der Waals surface area (Å²) in [7, 11) is 0. The highest BCUT2D eigenvalue weighted by molar-refractivity contribution is 9.10. The van der Waals surface area contributed by atoms with E-state index in [0.717, 1.165) is 21.5 Å². The number of halogens is 1. The van der Waals surface area contributed by atoms with Crippen LogP contribution < -0.4 is 15.4 Å². The molecule has 5 heteroatoms. The Balaban J connectivity index is 1.70. The molecule has 0 heterocycles. The van der Waals surface area contributed by atoms with Crippen LogP contribution in [-0.4, -0.2) is 19.2 Å². The number of para-hydroxylation sites is 1. The molecule has 4 nitrogen and oxygen atoms in total. The van der Waals surface area contributed by atoms with Crippen LogP contribution in [0.5, 0.6) is 5.75 Å². The Morgan fingerprint density at radius 3 is 2.57 bits per heavy atom. The molecule has 0 radical (unpaired) electrons. The number of rotatable bonds is 5. The number of carbonyl (C=O) groups is 1. The van der Waals surface area contributed by atoms with E-state index >= 15 is 0 Å². The summed E-state index contributed by atoms with van der Waals surface area (Å²) >= 11 is 3.40. The van der Waals surface area contributed by atoms with E-state index in [9.17, 15) is 4.79 Å². The van der Waals surface area contributed by atoms with Gasteiger partial charge in [0.15, 0.2) is 0 Å². The van der Waals surface area contributed by atoms with Crippen molar-refractivity contribution >= 4 is 27.6 Å². The molecule has 2 aromatic carbocycles. The topological polar surface area (TPSA) is 50.4 Å². The zero-order valence-corrected chi connectivity index (χ0v) is 13.3. The minimum Gasteiger partial charge on any atom is -0.491 e. The molecule has 0 saturated carbocycles. The molecule has 0 fully saturated rings. The predicted molar refractivity (Wildman–Crippen MR) is 87.8 cm³/mol. The van der Waals surface area contributed by atoms with Crippen LogP contribution >= 0.6 is 15.9 Å². The summed E-state index contributed by atoms with van der Waals surface area (Å²) in [6.45, 7) is 2.84. The van der Waals surface area contributed by atoms with Crippen LogP contribution in [0, 0.1) is 6.92 Å². The first kappa shape index (κ1) is 15.4. The monoisotopic (exact) mass is 348 g/mol. The Kier molecular flexibility index (Phi) is 5.63. The van der Waals surface area contributed by atoms with Gasteiger partial charge in [-0.3, -0.25) is 0 Å². The maximum absolute atomic E-state index is 11.7. The Hall–Kier alpha value is -2.01. The van der Waals surface area contributed by atoms with E-state index in [1.165, 1.54) is 0 Å². The molecular formula is C16H17BrN2O2. The highest BCUT2D eigenvalue weighted by Gasteiger charge is 2.02. The van der Waals surface area contributed by atoms with Gasteiger partial charge in [-0.15, -0.1) is 0 Å². The first-order chi connectivity index (χ1) is 10.1. The van der Waals surface area contributed by atoms with Crippen LogP contribution in [0.15, 0.2) is 53.0 Å². The van der Waals surface area contributed by atoms with Gasteiger partial charge >= 0.3 is 6.03 Å². The largest absolute Gasteiger partial charge is 0.491 e. The van der Waals surface area contributed by atoms with Gasteiger partial charge in [0.05, 0.1) is 11.0 Å². The summed E-state index contributed by atoms with van der Waals surface area (Å²) in [5.41, 5.74) is 1.92. The summed E-state index contributed by atoms with van der Waals surface area (Å²) in [5, 5.41) is 5.51. The predicted octanol–water partition coefficient (Wildman–Crippen LogP) is 3.96. The van der Waals surface area contributed by atoms with Gasteiger partial charge in [-0.1, -0.05) is 29.8 Å². The van der Waals surface area contributed by atoms with Crippen LogP contribution in [0.1, 0.15) is 5.56 Å². The molecule has 0 saturated heterocycles. The Labute approximate surface area is 132 Å². The fraction of sp³-hybridized carbons (Fsp3) is 0.188. The van der Waals surface area contributed by atoms with E-state index in [1.54, 1.807) is 0 Å². The standard InChI is InChI=1S/C16H17BrN2O2/c1-12-6-8-13(9-7-12)19-16(20)18-10-11-21-15-5-3-2-4-14(15)17/h2-9H,10-11H2,1H3,(H2,18,19,20). The summed E-state index contributed by atoms with van der Waals surface area (Å²) in [4.78, 5) is 11.7. The number of aryl methyl sites for hydroxylation is 1. The minimum atomic E-state index is -0.241. The van der Waals surface area contributed by atoms with Crippen molar-refractivity contribution in [1.82, 2.24) is 5.32 Å². The normalized spacial score (nSPS) is 10.0. The molecule has 0 aliphatic carbocycles. The average molecular weight is 349 g/mol. The maximum atomic E-state index is 11.7. The number of urea groups is 1. The second kappa shape index (κ2) is 7.69. The molecule has 110 valence electrons. The van der Waals surface area contributed by atoms with E-state index in [1.807, 2.05) is 55.5 Å². The van der Waals surface area contributed by atoms with E-state index in [2.05, 4.69) is 26.6 Å². The van der Waals surface area contributed by atoms with Gasteiger partial charge in [0, 0.05) is 5.69 Å². The van der Waals surface area contributed by atoms with Crippen LogP contribution in [0.3, 0.4) is 0 Å². The Morgan fingerprint density at radius 1 is 1.14 bits per heavy atom. The lowest BCUT2D eigenvalue weighted by Gasteiger charge is -2.10. The second-order valence-corrected chi connectivity index (χ2v) is 5.38. The average Bonchev–Trinajstić information content (AvgIpc) is 2.48. The van der Waals surface area contributed by atoms with Crippen molar-refractivity contribution < 1.29 is 9.53 Å². The number of benzene rings is 2. The lowest BCUT2D eigenvalue weighted by Crippen LogP contribution is -2.32. The summed E-state index contributed by atoms with van der Waals surface area (Å²) < 4.78 is 6.46. The number of hydrogen-bond acceptors (Lipinski definition) is 2. The fourth-order valence-electron chi connectivity index (χ4n) is 1.70. The van der Waals surface area contributed by atoms with Gasteiger partial charge in [0.1, 0.15) is 12.4 Å². The summed E-state index contributed by atoms with van der Waals surface area (Å²) in [6.07, 6.45) is 0. The van der Waals surface area contributed by atoms with Crippen molar-refractivity contribution in [3.05, 3.63) is 58.6 Å². The molecule has 2 aromatic rings. The van der Waals surface area contributed by atoms with Gasteiger partial charge in [0.25, 0.3) is 0 Å². The van der Waals surface area contributed by atoms with Crippen molar-refractivity contribution in [2.45, 2.75) is 6.92 Å². The molecule has 0 unspecified atom stereocenters. The molecule has 0 spiro atoms. The number of anilines is 1. The number of ether oxygens (including phenoxy) is 1. The van der Waals surface area contributed by atoms with Crippen molar-refractivity contribution in [1.29, 1.82) is 0 Å². The Morgan fingerprint density at radius 2 is 1.86 bits per heavy atom. The van der Waals surface area contributed by atoms with E-state index < -0.39 is 0 Å². The number of amides is 2. The highest BCUT2D eigenvalue weighted by Crippen LogP contribution is 2.23. The van der Waals surface area contributed by atoms with Gasteiger partial charge in [0.2, 0.25) is 0 Å². The van der Waals surface area contributed by atoms with E-state index in [4.69, 9.17) is 4.74 Å². The third kappa shape index (κ3) is 5.11. The molecule has 0 bridgehead atoms. The van der Waals surface area contributed by atoms with E-state index in [-0.39, 0.29) is 6.03 Å². The highest BCUT2D eigenvalue weighted by atomic mass is 79.9. The van der Waals surface area contributed by atoms with Crippen molar-refractivity contribution in [3.8, 4) is 5.75 Å². The first-order valence-corrected chi connectivity index (χ1v) is 7.43. The third-order valence-electron chi connectivity index (χ3n) is 2.79. The zero-order chi connectivity index (χ0) is 15.1. The van der Waals surface area contributed by atoms with Gasteiger partial charge < -0.3 is 15.4 Å². The lowest BCUT2D eigenvalue weighted by atomic mass is 10.2. The summed E-state index contributed by atoms with van der Waals surface area (Å²) in [6, 6.07) is 15.0. The quantitative estimate of drug-likeness (QED) is 0.803. The summed E-state index contributed by atoms with van der Waals surface area (Å²) in [5.74, 6) is 0.762. The number of hydrogen-bond donors (Lipinski definition) is 2. The van der Waals surface area contributed by atoms with Gasteiger partial charge in [-0.05, 0) is 47.1 Å². The van der Waals surface area contributed by atoms with Gasteiger partial charge in [-0.25, -0.2) is 4.79 Å². The van der Waals surface area contributed by atoms with E-state index in [0.29, 0.717) is 13.2 Å². The lowest BCUT2D eigenvalue weighted by molar-refractivity contribution is 0.247. The molecule has 2 rings (SSSR count). The maximum Gasteiger partial charge on any atom is 0.319 e. The molecule has 2 amide bonds. The SMILES string of the molecule is Cc1ccc(NC(=O)NCCOc2ccccc2Br)cc1. The third-order valence-corrected chi connectivity index (χ3v) is 3.45. The number of nitrogens with one attached hydrogen (secondary N) is 2. The molecular weight excluding hydrogens is 332 g/mol. The van der Waals surface area contributed by atoms with Gasteiger partial charge in [-0.2, -0.15) is 0 Å². The van der Waals surface area contributed by atoms with Crippen molar-refractivity contribution in [2.75, 3.05) is 18.5 Å². The number of carbonyl (C=O) groups excluding carboxylic acids is 1. The minimum absolute atomic E-state index is 0.241. The molecule has 0 aliphatic heterocycles. The molecule has 0 atom stereocenters. The van der Waals surface area contributed by atoms with Crippen molar-refractivity contribution in [2.24, 2.45) is 0 Å². The zero-order valence-electron chi connectivity index (χ0n) is 11.7.